The Morgan fingerprint density at radius 2 is 1.81 bits per heavy atom. The molecule has 1 aliphatic rings. The van der Waals surface area contributed by atoms with E-state index >= 15 is 0 Å². The first-order valence-electron chi connectivity index (χ1n) is 7.11. The van der Waals surface area contributed by atoms with Crippen molar-refractivity contribution in [3.8, 4) is 5.75 Å². The van der Waals surface area contributed by atoms with E-state index in [4.69, 9.17) is 9.47 Å². The summed E-state index contributed by atoms with van der Waals surface area (Å²) in [5.74, 6) is 0.371. The van der Waals surface area contributed by atoms with E-state index in [-0.39, 0.29) is 25.0 Å². The Kier molecular flexibility index (Phi) is 8.73. The van der Waals surface area contributed by atoms with Crippen molar-refractivity contribution < 1.29 is 31.6 Å². The molecule has 0 radical (unpaired) electrons. The first-order chi connectivity index (χ1) is 9.74. The average molecular weight is 379 g/mol. The third-order valence-corrected chi connectivity index (χ3v) is 3.98. The van der Waals surface area contributed by atoms with E-state index in [1.165, 1.54) is 37.3 Å². The van der Waals surface area contributed by atoms with Crippen LogP contribution in [0.2, 0.25) is 0 Å². The predicted molar refractivity (Wildman–Crippen MR) is 80.0 cm³/mol. The van der Waals surface area contributed by atoms with Gasteiger partial charge in [-0.15, -0.1) is 0 Å². The van der Waals surface area contributed by atoms with Crippen molar-refractivity contribution in [1.82, 2.24) is 0 Å². The van der Waals surface area contributed by atoms with Gasteiger partial charge in [-0.1, -0.05) is 15.9 Å². The van der Waals surface area contributed by atoms with Crippen LogP contribution in [0.15, 0.2) is 28.7 Å². The standard InChI is InChI=1S/C15H20BrNO3.ClH/c16-13-4-6-14(7-5-13)20-12-15(18)19-11-10-17-8-2-1-3-9-17;/h4-7H,1-3,8-12H2;1H. The molecule has 0 atom stereocenters. The monoisotopic (exact) mass is 377 g/mol. The van der Waals surface area contributed by atoms with E-state index in [0.717, 1.165) is 11.0 Å². The molecule has 0 spiro atoms. The molecule has 1 aromatic rings. The maximum Gasteiger partial charge on any atom is 0.344 e. The van der Waals surface area contributed by atoms with Crippen molar-refractivity contribution in [2.45, 2.75) is 19.3 Å². The zero-order chi connectivity index (χ0) is 14.2. The van der Waals surface area contributed by atoms with Gasteiger partial charge in [0.1, 0.15) is 18.9 Å². The highest BCUT2D eigenvalue weighted by atomic mass is 79.9. The first-order valence-corrected chi connectivity index (χ1v) is 7.91. The Labute approximate surface area is 140 Å². The van der Waals surface area contributed by atoms with Gasteiger partial charge in [-0.3, -0.25) is 0 Å². The minimum absolute atomic E-state index is 0. The maximum atomic E-state index is 11.6. The largest absolute Gasteiger partial charge is 1.00 e. The molecule has 0 bridgehead atoms. The van der Waals surface area contributed by atoms with Crippen LogP contribution in [0.25, 0.3) is 0 Å². The highest BCUT2D eigenvalue weighted by Crippen LogP contribution is 2.15. The quantitative estimate of drug-likeness (QED) is 0.609. The number of quaternary nitrogens is 1. The summed E-state index contributed by atoms with van der Waals surface area (Å²) < 4.78 is 11.5. The van der Waals surface area contributed by atoms with E-state index in [1.807, 2.05) is 24.3 Å². The number of piperidine rings is 1. The number of carbonyl (C=O) groups is 1. The third kappa shape index (κ3) is 7.16. The summed E-state index contributed by atoms with van der Waals surface area (Å²) in [7, 11) is 0. The van der Waals surface area contributed by atoms with Crippen molar-refractivity contribution in [1.29, 1.82) is 0 Å². The Hall–Kier alpha value is -0.780. The summed E-state index contributed by atoms with van der Waals surface area (Å²) >= 11 is 3.35. The topological polar surface area (TPSA) is 40.0 Å². The highest BCUT2D eigenvalue weighted by Gasteiger charge is 2.14. The third-order valence-electron chi connectivity index (χ3n) is 3.45. The summed E-state index contributed by atoms with van der Waals surface area (Å²) in [5.41, 5.74) is 0. The Bertz CT molecular complexity index is 421. The molecule has 118 valence electrons. The second-order valence-corrected chi connectivity index (χ2v) is 5.94. The summed E-state index contributed by atoms with van der Waals surface area (Å²) in [6.45, 7) is 3.76. The van der Waals surface area contributed by atoms with E-state index in [2.05, 4.69) is 15.9 Å². The fraction of sp³-hybridized carbons (Fsp3) is 0.533. The van der Waals surface area contributed by atoms with Crippen LogP contribution in [0.5, 0.6) is 5.75 Å². The van der Waals surface area contributed by atoms with Crippen LogP contribution in [0.4, 0.5) is 0 Å². The lowest BCUT2D eigenvalue weighted by Gasteiger charge is -2.23. The lowest BCUT2D eigenvalue weighted by molar-refractivity contribution is -0.905. The fourth-order valence-electron chi connectivity index (χ4n) is 2.33. The molecule has 1 aromatic carbocycles. The number of likely N-dealkylation sites (tertiary alicyclic amines) is 1. The number of hydrogen-bond donors (Lipinski definition) is 1. The van der Waals surface area contributed by atoms with Crippen molar-refractivity contribution >= 4 is 21.9 Å². The second-order valence-electron chi connectivity index (χ2n) is 5.02. The van der Waals surface area contributed by atoms with Gasteiger partial charge in [0.05, 0.1) is 13.1 Å². The van der Waals surface area contributed by atoms with Crippen LogP contribution in [-0.2, 0) is 9.53 Å². The van der Waals surface area contributed by atoms with Crippen molar-refractivity contribution in [3.05, 3.63) is 28.7 Å². The van der Waals surface area contributed by atoms with Crippen molar-refractivity contribution in [3.63, 3.8) is 0 Å². The van der Waals surface area contributed by atoms with Gasteiger partial charge < -0.3 is 26.8 Å². The number of nitrogens with one attached hydrogen (secondary N) is 1. The molecule has 0 unspecified atom stereocenters. The molecule has 4 nitrogen and oxygen atoms in total. The number of esters is 1. The summed E-state index contributed by atoms with van der Waals surface area (Å²) in [6.07, 6.45) is 3.91. The molecule has 2 rings (SSSR count). The number of benzene rings is 1. The predicted octanol–water partition coefficient (Wildman–Crippen LogP) is -1.56. The van der Waals surface area contributed by atoms with Crippen LogP contribution in [-0.4, -0.2) is 38.8 Å². The van der Waals surface area contributed by atoms with Gasteiger partial charge >= 0.3 is 5.97 Å². The minimum atomic E-state index is -0.302. The number of rotatable bonds is 6. The molecule has 1 saturated heterocycles. The molecule has 1 N–H and O–H groups in total. The molecule has 0 saturated carbocycles. The minimum Gasteiger partial charge on any atom is -1.00 e. The SMILES string of the molecule is O=C(COc1ccc(Br)cc1)OCC[NH+]1CCCCC1.[Cl-]. The Balaban J connectivity index is 0.00000220. The molecule has 0 aromatic heterocycles. The maximum absolute atomic E-state index is 11.6. The molecule has 1 heterocycles. The lowest BCUT2D eigenvalue weighted by atomic mass is 10.1. The van der Waals surface area contributed by atoms with Gasteiger partial charge in [-0.25, -0.2) is 4.79 Å². The van der Waals surface area contributed by atoms with Gasteiger partial charge in [0.2, 0.25) is 0 Å². The highest BCUT2D eigenvalue weighted by molar-refractivity contribution is 9.10. The summed E-state index contributed by atoms with van der Waals surface area (Å²) in [5, 5.41) is 0. The molecule has 6 heteroatoms. The average Bonchev–Trinajstić information content (AvgIpc) is 2.48. The van der Waals surface area contributed by atoms with Gasteiger partial charge in [0.25, 0.3) is 0 Å². The number of carbonyl (C=O) groups excluding carboxylic acids is 1. The van der Waals surface area contributed by atoms with Crippen LogP contribution < -0.4 is 22.0 Å². The van der Waals surface area contributed by atoms with Crippen LogP contribution in [0.1, 0.15) is 19.3 Å². The Morgan fingerprint density at radius 3 is 2.48 bits per heavy atom. The van der Waals surface area contributed by atoms with E-state index < -0.39 is 0 Å². The number of halogens is 2. The summed E-state index contributed by atoms with van der Waals surface area (Å²) in [6, 6.07) is 7.38. The molecule has 21 heavy (non-hydrogen) atoms. The van der Waals surface area contributed by atoms with Crippen LogP contribution >= 0.6 is 15.9 Å². The normalized spacial score (nSPS) is 15.1. The first kappa shape index (κ1) is 18.3. The van der Waals surface area contributed by atoms with Crippen LogP contribution in [0.3, 0.4) is 0 Å². The molecule has 1 fully saturated rings. The van der Waals surface area contributed by atoms with Gasteiger partial charge in [-0.05, 0) is 43.5 Å². The number of ether oxygens (including phenoxy) is 2. The molecule has 0 aliphatic carbocycles. The second kappa shape index (κ2) is 10.0. The zero-order valence-corrected chi connectivity index (χ0v) is 14.3. The van der Waals surface area contributed by atoms with Gasteiger partial charge in [0.15, 0.2) is 6.61 Å². The molecule has 0 amide bonds. The zero-order valence-electron chi connectivity index (χ0n) is 11.9. The number of hydrogen-bond acceptors (Lipinski definition) is 3. The molecule has 1 aliphatic heterocycles. The van der Waals surface area contributed by atoms with E-state index in [9.17, 15) is 4.79 Å². The lowest BCUT2D eigenvalue weighted by Crippen LogP contribution is -3.13. The van der Waals surface area contributed by atoms with Crippen molar-refractivity contribution in [2.75, 3.05) is 32.8 Å². The Morgan fingerprint density at radius 1 is 1.14 bits per heavy atom. The summed E-state index contributed by atoms with van der Waals surface area (Å²) in [4.78, 5) is 13.1. The fourth-order valence-corrected chi connectivity index (χ4v) is 2.59. The van der Waals surface area contributed by atoms with E-state index in [1.54, 1.807) is 0 Å². The van der Waals surface area contributed by atoms with Gasteiger partial charge in [0, 0.05) is 4.47 Å². The van der Waals surface area contributed by atoms with E-state index in [0.29, 0.717) is 12.4 Å². The van der Waals surface area contributed by atoms with Crippen molar-refractivity contribution in [2.24, 2.45) is 0 Å². The van der Waals surface area contributed by atoms with Crippen LogP contribution in [0, 0.1) is 0 Å². The molecular weight excluding hydrogens is 358 g/mol. The van der Waals surface area contributed by atoms with Gasteiger partial charge in [-0.2, -0.15) is 0 Å². The molecular formula is C15H21BrClNO3. The smallest absolute Gasteiger partial charge is 0.344 e.